The first-order valence-corrected chi connectivity index (χ1v) is 10.2. The first kappa shape index (κ1) is 19.8. The maximum atomic E-state index is 12.6. The molecule has 8 heteroatoms. The number of nitro benzene ring substituents is 1. The van der Waals surface area contributed by atoms with E-state index < -0.39 is 10.8 Å². The molecular weight excluding hydrogens is 386 g/mol. The molecule has 1 aromatic carbocycles. The first-order valence-electron chi connectivity index (χ1n) is 8.95. The number of carbonyl (C=O) groups is 1. The van der Waals surface area contributed by atoms with Gasteiger partial charge in [-0.3, -0.25) is 19.8 Å². The Morgan fingerprint density at radius 1 is 1.41 bits per heavy atom. The summed E-state index contributed by atoms with van der Waals surface area (Å²) in [6.45, 7) is 4.65. The zero-order chi connectivity index (χ0) is 19.4. The molecule has 144 valence electrons. The van der Waals surface area contributed by atoms with Crippen LogP contribution in [-0.2, 0) is 0 Å². The second-order valence-electron chi connectivity index (χ2n) is 6.88. The third-order valence-corrected chi connectivity index (χ3v) is 6.20. The highest BCUT2D eigenvalue weighted by atomic mass is 35.5. The number of benzene rings is 1. The van der Waals surface area contributed by atoms with Gasteiger partial charge in [-0.05, 0) is 55.4 Å². The minimum atomic E-state index is -0.580. The SMILES string of the molecule is CC1CCN(C(CNC(=O)c2ccc(Cl)cc2[N+](=O)[O-])c2cccs2)CC1. The predicted molar refractivity (Wildman–Crippen MR) is 107 cm³/mol. The third-order valence-electron chi connectivity index (χ3n) is 4.99. The zero-order valence-corrected chi connectivity index (χ0v) is 16.6. The summed E-state index contributed by atoms with van der Waals surface area (Å²) in [6, 6.07) is 8.26. The van der Waals surface area contributed by atoms with E-state index in [1.807, 2.05) is 11.4 Å². The van der Waals surface area contributed by atoms with Crippen molar-refractivity contribution in [1.82, 2.24) is 10.2 Å². The van der Waals surface area contributed by atoms with Crippen molar-refractivity contribution in [1.29, 1.82) is 0 Å². The molecule has 1 aliphatic heterocycles. The van der Waals surface area contributed by atoms with Gasteiger partial charge in [0.15, 0.2) is 0 Å². The van der Waals surface area contributed by atoms with Crippen LogP contribution in [0.25, 0.3) is 0 Å². The predicted octanol–water partition coefficient (Wildman–Crippen LogP) is 4.51. The lowest BCUT2D eigenvalue weighted by Crippen LogP contribution is -2.41. The number of nitro groups is 1. The molecule has 0 bridgehead atoms. The number of piperidine rings is 1. The van der Waals surface area contributed by atoms with Gasteiger partial charge in [-0.2, -0.15) is 0 Å². The molecule has 0 radical (unpaired) electrons. The van der Waals surface area contributed by atoms with Crippen molar-refractivity contribution < 1.29 is 9.72 Å². The van der Waals surface area contributed by atoms with Gasteiger partial charge < -0.3 is 5.32 Å². The van der Waals surface area contributed by atoms with Crippen LogP contribution in [0, 0.1) is 16.0 Å². The highest BCUT2D eigenvalue weighted by Crippen LogP contribution is 2.29. The van der Waals surface area contributed by atoms with Crippen molar-refractivity contribution in [3.05, 3.63) is 61.3 Å². The van der Waals surface area contributed by atoms with E-state index in [0.29, 0.717) is 6.54 Å². The molecule has 1 atom stereocenters. The van der Waals surface area contributed by atoms with Crippen LogP contribution in [0.1, 0.15) is 41.0 Å². The normalized spacial score (nSPS) is 16.8. The number of likely N-dealkylation sites (tertiary alicyclic amines) is 1. The smallest absolute Gasteiger partial charge is 0.283 e. The van der Waals surface area contributed by atoms with E-state index in [1.54, 1.807) is 11.3 Å². The Balaban J connectivity index is 1.74. The quantitative estimate of drug-likeness (QED) is 0.564. The Bertz CT molecular complexity index is 805. The number of nitrogens with one attached hydrogen (secondary N) is 1. The Kier molecular flexibility index (Phi) is 6.46. The first-order chi connectivity index (χ1) is 13.0. The molecule has 27 heavy (non-hydrogen) atoms. The van der Waals surface area contributed by atoms with Gasteiger partial charge in [0.1, 0.15) is 5.56 Å². The number of thiophene rings is 1. The summed E-state index contributed by atoms with van der Waals surface area (Å²) in [4.78, 5) is 26.9. The van der Waals surface area contributed by atoms with Gasteiger partial charge >= 0.3 is 0 Å². The van der Waals surface area contributed by atoms with E-state index in [1.165, 1.54) is 23.1 Å². The average molecular weight is 408 g/mol. The highest BCUT2D eigenvalue weighted by molar-refractivity contribution is 7.10. The van der Waals surface area contributed by atoms with Crippen LogP contribution >= 0.6 is 22.9 Å². The van der Waals surface area contributed by atoms with Gasteiger partial charge in [-0.15, -0.1) is 11.3 Å². The van der Waals surface area contributed by atoms with Gasteiger partial charge in [0.25, 0.3) is 11.6 Å². The van der Waals surface area contributed by atoms with Crippen molar-refractivity contribution in [3.8, 4) is 0 Å². The van der Waals surface area contributed by atoms with Crippen LogP contribution in [-0.4, -0.2) is 35.4 Å². The molecule has 6 nitrogen and oxygen atoms in total. The largest absolute Gasteiger partial charge is 0.350 e. The summed E-state index contributed by atoms with van der Waals surface area (Å²) in [6.07, 6.45) is 2.27. The number of halogens is 1. The molecule has 1 aromatic heterocycles. The molecule has 1 fully saturated rings. The third kappa shape index (κ3) is 4.86. The Morgan fingerprint density at radius 2 is 2.15 bits per heavy atom. The maximum absolute atomic E-state index is 12.6. The highest BCUT2D eigenvalue weighted by Gasteiger charge is 2.27. The standard InChI is InChI=1S/C19H22ClN3O3S/c1-13-6-8-22(9-7-13)17(18-3-2-10-27-18)12-21-19(24)15-5-4-14(20)11-16(15)23(25)26/h2-5,10-11,13,17H,6-9,12H2,1H3,(H,21,24). The minimum absolute atomic E-state index is 0.0293. The van der Waals surface area contributed by atoms with E-state index in [-0.39, 0.29) is 22.3 Å². The van der Waals surface area contributed by atoms with E-state index in [9.17, 15) is 14.9 Å². The number of carbonyl (C=O) groups excluding carboxylic acids is 1. The Labute approximate surface area is 167 Å². The lowest BCUT2D eigenvalue weighted by Gasteiger charge is -2.36. The van der Waals surface area contributed by atoms with Gasteiger partial charge in [0.2, 0.25) is 0 Å². The van der Waals surface area contributed by atoms with Crippen molar-refractivity contribution in [2.45, 2.75) is 25.8 Å². The molecular formula is C19H22ClN3O3S. The van der Waals surface area contributed by atoms with Crippen molar-refractivity contribution in [2.75, 3.05) is 19.6 Å². The molecule has 0 spiro atoms. The average Bonchev–Trinajstić information content (AvgIpc) is 3.17. The molecule has 0 saturated carbocycles. The number of nitrogens with zero attached hydrogens (tertiary/aromatic N) is 2. The summed E-state index contributed by atoms with van der Waals surface area (Å²) in [7, 11) is 0. The number of hydrogen-bond donors (Lipinski definition) is 1. The van der Waals surface area contributed by atoms with Crippen LogP contribution < -0.4 is 5.32 Å². The zero-order valence-electron chi connectivity index (χ0n) is 15.1. The van der Waals surface area contributed by atoms with E-state index in [4.69, 9.17) is 11.6 Å². The van der Waals surface area contributed by atoms with Crippen LogP contribution in [0.3, 0.4) is 0 Å². The van der Waals surface area contributed by atoms with Gasteiger partial charge in [-0.25, -0.2) is 0 Å². The van der Waals surface area contributed by atoms with Crippen molar-refractivity contribution in [3.63, 3.8) is 0 Å². The molecule has 1 aliphatic rings. The molecule has 1 N–H and O–H groups in total. The second-order valence-corrected chi connectivity index (χ2v) is 8.29. The molecule has 1 unspecified atom stereocenters. The Hall–Kier alpha value is -1.96. The molecule has 0 aliphatic carbocycles. The molecule has 2 aromatic rings. The van der Waals surface area contributed by atoms with E-state index >= 15 is 0 Å². The minimum Gasteiger partial charge on any atom is -0.350 e. The van der Waals surface area contributed by atoms with Crippen molar-refractivity contribution in [2.24, 2.45) is 5.92 Å². The lowest BCUT2D eigenvalue weighted by molar-refractivity contribution is -0.385. The number of hydrogen-bond acceptors (Lipinski definition) is 5. The van der Waals surface area contributed by atoms with Gasteiger partial charge in [0.05, 0.1) is 11.0 Å². The molecule has 2 heterocycles. The van der Waals surface area contributed by atoms with Crippen LogP contribution in [0.4, 0.5) is 5.69 Å². The van der Waals surface area contributed by atoms with Gasteiger partial charge in [0, 0.05) is 22.5 Å². The van der Waals surface area contributed by atoms with Crippen molar-refractivity contribution >= 4 is 34.5 Å². The fraction of sp³-hybridized carbons (Fsp3) is 0.421. The van der Waals surface area contributed by atoms with E-state index in [0.717, 1.165) is 31.8 Å². The summed E-state index contributed by atoms with van der Waals surface area (Å²) >= 11 is 7.50. The second kappa shape index (κ2) is 8.82. The van der Waals surface area contributed by atoms with Crippen LogP contribution in [0.15, 0.2) is 35.7 Å². The Morgan fingerprint density at radius 3 is 2.78 bits per heavy atom. The number of rotatable bonds is 6. The molecule has 1 saturated heterocycles. The van der Waals surface area contributed by atoms with Crippen LogP contribution in [0.2, 0.25) is 5.02 Å². The maximum Gasteiger partial charge on any atom is 0.283 e. The molecule has 3 rings (SSSR count). The topological polar surface area (TPSA) is 75.5 Å². The lowest BCUT2D eigenvalue weighted by atomic mass is 9.97. The van der Waals surface area contributed by atoms with Crippen LogP contribution in [0.5, 0.6) is 0 Å². The molecule has 1 amide bonds. The summed E-state index contributed by atoms with van der Waals surface area (Å²) in [5.41, 5.74) is -0.249. The number of amides is 1. The fourth-order valence-corrected chi connectivity index (χ4v) is 4.39. The van der Waals surface area contributed by atoms with E-state index in [2.05, 4.69) is 23.2 Å². The fourth-order valence-electron chi connectivity index (χ4n) is 3.36. The summed E-state index contributed by atoms with van der Waals surface area (Å²) in [5.74, 6) is 0.266. The monoisotopic (exact) mass is 407 g/mol. The summed E-state index contributed by atoms with van der Waals surface area (Å²) in [5, 5.41) is 16.4. The summed E-state index contributed by atoms with van der Waals surface area (Å²) < 4.78 is 0. The van der Waals surface area contributed by atoms with Gasteiger partial charge in [-0.1, -0.05) is 24.6 Å².